The Labute approximate surface area is 150 Å². The number of halogens is 4. The maximum atomic E-state index is 13.1. The highest BCUT2D eigenvalue weighted by Crippen LogP contribution is 2.18. The van der Waals surface area contributed by atoms with E-state index in [4.69, 9.17) is 4.74 Å². The Morgan fingerprint density at radius 3 is 1.61 bits per heavy atom. The molecule has 0 saturated carbocycles. The Morgan fingerprint density at radius 1 is 0.783 bits per heavy atom. The van der Waals surface area contributed by atoms with Gasteiger partial charge in [0, 0.05) is 0 Å². The van der Waals surface area contributed by atoms with Crippen LogP contribution in [0.5, 0.6) is 0 Å². The molecule has 0 atom stereocenters. The fourth-order valence-electron chi connectivity index (χ4n) is 1.80. The topological polar surface area (TPSA) is 9.23 Å². The smallest absolute Gasteiger partial charge is 0.137 e. The van der Waals surface area contributed by atoms with Crippen LogP contribution in [0, 0.1) is 11.6 Å². The molecule has 0 aliphatic carbocycles. The van der Waals surface area contributed by atoms with Crippen LogP contribution in [0.25, 0.3) is 12.2 Å². The van der Waals surface area contributed by atoms with Gasteiger partial charge in [0.05, 0.1) is 22.2 Å². The third-order valence-electron chi connectivity index (χ3n) is 2.94. The van der Waals surface area contributed by atoms with E-state index in [9.17, 15) is 8.78 Å². The molecule has 0 aromatic heterocycles. The van der Waals surface area contributed by atoms with Crippen LogP contribution in [0.4, 0.5) is 8.78 Å². The molecule has 0 bridgehead atoms. The molecular weight excluding hydrogens is 430 g/mol. The van der Waals surface area contributed by atoms with E-state index in [1.54, 1.807) is 24.3 Å². The molecule has 0 radical (unpaired) electrons. The van der Waals surface area contributed by atoms with Crippen LogP contribution in [0.15, 0.2) is 57.5 Å². The molecule has 5 heteroatoms. The molecular formula is C18H14Br2F2O. The predicted molar refractivity (Wildman–Crippen MR) is 97.1 cm³/mol. The fraction of sp³-hybridized carbons (Fsp3) is 0.111. The van der Waals surface area contributed by atoms with Gasteiger partial charge in [0.2, 0.25) is 0 Å². The van der Waals surface area contributed by atoms with Gasteiger partial charge in [-0.3, -0.25) is 0 Å². The van der Waals surface area contributed by atoms with Crippen LogP contribution in [-0.4, -0.2) is 13.2 Å². The number of hydrogen-bond donors (Lipinski definition) is 0. The molecule has 23 heavy (non-hydrogen) atoms. The number of rotatable bonds is 6. The summed E-state index contributed by atoms with van der Waals surface area (Å²) in [6, 6.07) is 9.63. The lowest BCUT2D eigenvalue weighted by molar-refractivity contribution is 0.195. The Hall–Kier alpha value is -1.30. The third kappa shape index (κ3) is 6.01. The molecule has 0 fully saturated rings. The molecule has 0 N–H and O–H groups in total. The summed E-state index contributed by atoms with van der Waals surface area (Å²) in [4.78, 5) is 0. The largest absolute Gasteiger partial charge is 0.373 e. The van der Waals surface area contributed by atoms with Crippen molar-refractivity contribution in [3.05, 3.63) is 80.3 Å². The highest BCUT2D eigenvalue weighted by molar-refractivity contribution is 9.10. The number of ether oxygens (including phenoxy) is 1. The van der Waals surface area contributed by atoms with Crippen molar-refractivity contribution in [2.75, 3.05) is 13.2 Å². The zero-order valence-electron chi connectivity index (χ0n) is 12.1. The summed E-state index contributed by atoms with van der Waals surface area (Å²) in [7, 11) is 0. The molecule has 0 aliphatic rings. The fourth-order valence-corrected chi connectivity index (χ4v) is 2.60. The average Bonchev–Trinajstić information content (AvgIpc) is 2.53. The highest BCUT2D eigenvalue weighted by atomic mass is 79.9. The van der Waals surface area contributed by atoms with E-state index >= 15 is 0 Å². The quantitative estimate of drug-likeness (QED) is 0.480. The lowest BCUT2D eigenvalue weighted by Gasteiger charge is -1.99. The molecule has 2 aromatic rings. The highest BCUT2D eigenvalue weighted by Gasteiger charge is 1.98. The molecule has 0 spiro atoms. The van der Waals surface area contributed by atoms with Gasteiger partial charge in [0.25, 0.3) is 0 Å². The SMILES string of the molecule is Fc1ccc(C=CCOCC=Cc2ccc(F)c(Br)c2)cc1Br. The first-order valence-electron chi connectivity index (χ1n) is 6.87. The molecule has 2 rings (SSSR count). The first kappa shape index (κ1) is 18.0. The van der Waals surface area contributed by atoms with Crippen molar-refractivity contribution < 1.29 is 13.5 Å². The minimum Gasteiger partial charge on any atom is -0.373 e. The van der Waals surface area contributed by atoms with Gasteiger partial charge in [-0.15, -0.1) is 0 Å². The van der Waals surface area contributed by atoms with E-state index in [0.717, 1.165) is 11.1 Å². The lowest BCUT2D eigenvalue weighted by Crippen LogP contribution is -1.90. The molecule has 2 aromatic carbocycles. The second-order valence-corrected chi connectivity index (χ2v) is 6.40. The van der Waals surface area contributed by atoms with Crippen molar-refractivity contribution in [2.45, 2.75) is 0 Å². The van der Waals surface area contributed by atoms with E-state index in [-0.39, 0.29) is 11.6 Å². The molecule has 1 nitrogen and oxygen atoms in total. The molecule has 0 amide bonds. The van der Waals surface area contributed by atoms with E-state index < -0.39 is 0 Å². The summed E-state index contributed by atoms with van der Waals surface area (Å²) in [6.07, 6.45) is 7.46. The summed E-state index contributed by atoms with van der Waals surface area (Å²) in [5.74, 6) is -0.563. The zero-order valence-corrected chi connectivity index (χ0v) is 15.3. The molecule has 0 unspecified atom stereocenters. The normalized spacial score (nSPS) is 11.7. The number of hydrogen-bond acceptors (Lipinski definition) is 1. The van der Waals surface area contributed by atoms with Gasteiger partial charge in [-0.2, -0.15) is 0 Å². The van der Waals surface area contributed by atoms with Crippen molar-refractivity contribution in [2.24, 2.45) is 0 Å². The first-order chi connectivity index (χ1) is 11.1. The van der Waals surface area contributed by atoms with Crippen molar-refractivity contribution in [1.29, 1.82) is 0 Å². The van der Waals surface area contributed by atoms with Crippen LogP contribution < -0.4 is 0 Å². The zero-order chi connectivity index (χ0) is 16.7. The Bertz CT molecular complexity index is 665. The molecule has 0 saturated heterocycles. The summed E-state index contributed by atoms with van der Waals surface area (Å²) in [6.45, 7) is 0.902. The summed E-state index contributed by atoms with van der Waals surface area (Å²) >= 11 is 6.29. The Kier molecular flexibility index (Phi) is 7.15. The molecule has 0 aliphatic heterocycles. The van der Waals surface area contributed by atoms with Gasteiger partial charge in [-0.05, 0) is 67.3 Å². The Morgan fingerprint density at radius 2 is 1.22 bits per heavy atom. The summed E-state index contributed by atoms with van der Waals surface area (Å²) < 4.78 is 32.5. The maximum absolute atomic E-state index is 13.1. The predicted octanol–water partition coefficient (Wildman–Crippen LogP) is 6.23. The standard InChI is InChI=1S/C18H14Br2F2O/c19-15-11-13(5-7-17(15)21)3-1-9-23-10-2-4-14-6-8-18(22)16(20)12-14/h1-8,11-12H,9-10H2. The van der Waals surface area contributed by atoms with E-state index in [0.29, 0.717) is 22.2 Å². The van der Waals surface area contributed by atoms with Crippen LogP contribution in [0.3, 0.4) is 0 Å². The van der Waals surface area contributed by atoms with Crippen LogP contribution >= 0.6 is 31.9 Å². The third-order valence-corrected chi connectivity index (χ3v) is 4.15. The van der Waals surface area contributed by atoms with Gasteiger partial charge in [-0.25, -0.2) is 8.78 Å². The monoisotopic (exact) mass is 442 g/mol. The van der Waals surface area contributed by atoms with E-state index in [1.807, 2.05) is 24.3 Å². The summed E-state index contributed by atoms with van der Waals surface area (Å²) in [5, 5.41) is 0. The van der Waals surface area contributed by atoms with E-state index in [2.05, 4.69) is 31.9 Å². The van der Waals surface area contributed by atoms with Gasteiger partial charge in [0.1, 0.15) is 11.6 Å². The maximum Gasteiger partial charge on any atom is 0.137 e. The van der Waals surface area contributed by atoms with Gasteiger partial charge in [-0.1, -0.05) is 36.4 Å². The minimum absolute atomic E-state index is 0.282. The van der Waals surface area contributed by atoms with Crippen LogP contribution in [0.1, 0.15) is 11.1 Å². The van der Waals surface area contributed by atoms with Crippen molar-refractivity contribution in [3.63, 3.8) is 0 Å². The van der Waals surface area contributed by atoms with Gasteiger partial charge < -0.3 is 4.74 Å². The second-order valence-electron chi connectivity index (χ2n) is 4.69. The van der Waals surface area contributed by atoms with Crippen molar-refractivity contribution in [3.8, 4) is 0 Å². The second kappa shape index (κ2) is 9.11. The first-order valence-corrected chi connectivity index (χ1v) is 8.46. The Balaban J connectivity index is 1.74. The summed E-state index contributed by atoms with van der Waals surface area (Å²) in [5.41, 5.74) is 1.79. The van der Waals surface area contributed by atoms with E-state index in [1.165, 1.54) is 12.1 Å². The average molecular weight is 444 g/mol. The van der Waals surface area contributed by atoms with Crippen molar-refractivity contribution >= 4 is 44.0 Å². The molecule has 0 heterocycles. The van der Waals surface area contributed by atoms with Crippen molar-refractivity contribution in [1.82, 2.24) is 0 Å². The number of benzene rings is 2. The van der Waals surface area contributed by atoms with Gasteiger partial charge in [0.15, 0.2) is 0 Å². The minimum atomic E-state index is -0.282. The van der Waals surface area contributed by atoms with Crippen LogP contribution in [-0.2, 0) is 4.74 Å². The van der Waals surface area contributed by atoms with Crippen LogP contribution in [0.2, 0.25) is 0 Å². The van der Waals surface area contributed by atoms with Gasteiger partial charge >= 0.3 is 0 Å². The molecule has 120 valence electrons. The lowest BCUT2D eigenvalue weighted by atomic mass is 10.2.